The van der Waals surface area contributed by atoms with Gasteiger partial charge in [0.2, 0.25) is 5.91 Å². The van der Waals surface area contributed by atoms with E-state index in [1.165, 1.54) is 6.26 Å². The monoisotopic (exact) mass is 372 g/mol. The van der Waals surface area contributed by atoms with Crippen LogP contribution in [0.3, 0.4) is 0 Å². The molecule has 4 rings (SSSR count). The van der Waals surface area contributed by atoms with E-state index in [0.717, 1.165) is 31.2 Å². The Balaban J connectivity index is 1.34. The van der Waals surface area contributed by atoms with Gasteiger partial charge < -0.3 is 14.6 Å². The number of benzene rings is 1. The van der Waals surface area contributed by atoms with Crippen molar-refractivity contribution in [1.29, 1.82) is 0 Å². The van der Waals surface area contributed by atoms with Gasteiger partial charge in [0.05, 0.1) is 11.7 Å². The number of likely N-dealkylation sites (tertiary alicyclic amines) is 1. The second kappa shape index (κ2) is 6.80. The Morgan fingerprint density at radius 3 is 2.54 bits per heavy atom. The maximum absolute atomic E-state index is 12.9. The minimum atomic E-state index is -0.425. The third-order valence-corrected chi connectivity index (χ3v) is 5.65. The molecule has 2 aliphatic rings. The predicted molar refractivity (Wildman–Crippen MR) is 98.1 cm³/mol. The molecule has 0 bridgehead atoms. The largest absolute Gasteiger partial charge is 0.459 e. The fourth-order valence-corrected chi connectivity index (χ4v) is 3.85. The third kappa shape index (κ3) is 3.23. The van der Waals surface area contributed by atoms with Crippen LogP contribution >= 0.6 is 11.6 Å². The molecule has 26 heavy (non-hydrogen) atoms. The van der Waals surface area contributed by atoms with Gasteiger partial charge in [-0.1, -0.05) is 23.7 Å². The first kappa shape index (κ1) is 17.2. The van der Waals surface area contributed by atoms with Gasteiger partial charge in [0.15, 0.2) is 5.76 Å². The molecule has 2 fully saturated rings. The van der Waals surface area contributed by atoms with Crippen molar-refractivity contribution in [3.63, 3.8) is 0 Å². The number of halogens is 1. The number of hydrogen-bond donors (Lipinski definition) is 1. The summed E-state index contributed by atoms with van der Waals surface area (Å²) in [6.45, 7) is 1.24. The number of nitrogens with zero attached hydrogens (tertiary/aromatic N) is 1. The van der Waals surface area contributed by atoms with E-state index in [4.69, 9.17) is 16.0 Å². The number of hydrogen-bond acceptors (Lipinski definition) is 3. The minimum Gasteiger partial charge on any atom is -0.459 e. The summed E-state index contributed by atoms with van der Waals surface area (Å²) in [6.07, 6.45) is 4.72. The molecule has 136 valence electrons. The molecule has 1 aromatic heterocycles. The van der Waals surface area contributed by atoms with Crippen molar-refractivity contribution in [3.05, 3.63) is 59.0 Å². The van der Waals surface area contributed by atoms with Crippen molar-refractivity contribution in [2.75, 3.05) is 13.1 Å². The maximum atomic E-state index is 12.9. The third-order valence-electron chi connectivity index (χ3n) is 5.41. The van der Waals surface area contributed by atoms with E-state index >= 15 is 0 Å². The van der Waals surface area contributed by atoms with Gasteiger partial charge in [0, 0.05) is 24.2 Å². The molecule has 6 heteroatoms. The summed E-state index contributed by atoms with van der Waals surface area (Å²) >= 11 is 6.09. The average Bonchev–Trinajstić information content (AvgIpc) is 3.29. The van der Waals surface area contributed by atoms with Gasteiger partial charge in [-0.25, -0.2) is 0 Å². The van der Waals surface area contributed by atoms with Crippen molar-refractivity contribution in [1.82, 2.24) is 10.2 Å². The number of furan rings is 1. The van der Waals surface area contributed by atoms with E-state index in [1.54, 1.807) is 17.0 Å². The number of rotatable bonds is 4. The van der Waals surface area contributed by atoms with Crippen molar-refractivity contribution in [2.45, 2.75) is 37.1 Å². The van der Waals surface area contributed by atoms with Gasteiger partial charge in [-0.2, -0.15) is 0 Å². The van der Waals surface area contributed by atoms with E-state index in [1.807, 2.05) is 24.3 Å². The van der Waals surface area contributed by atoms with Crippen molar-refractivity contribution in [2.24, 2.45) is 0 Å². The zero-order valence-corrected chi connectivity index (χ0v) is 15.2. The van der Waals surface area contributed by atoms with Crippen LogP contribution < -0.4 is 5.32 Å². The highest BCUT2D eigenvalue weighted by molar-refractivity contribution is 6.30. The molecule has 1 saturated carbocycles. The molecule has 0 spiro atoms. The average molecular weight is 373 g/mol. The normalized spacial score (nSPS) is 19.2. The Hall–Kier alpha value is -2.27. The van der Waals surface area contributed by atoms with Crippen molar-refractivity contribution >= 4 is 23.4 Å². The highest BCUT2D eigenvalue weighted by Gasteiger charge is 2.51. The molecule has 5 nitrogen and oxygen atoms in total. The van der Waals surface area contributed by atoms with Crippen LogP contribution in [0.5, 0.6) is 0 Å². The molecule has 2 aromatic rings. The van der Waals surface area contributed by atoms with Gasteiger partial charge in [0.25, 0.3) is 5.91 Å². The lowest BCUT2D eigenvalue weighted by Gasteiger charge is -2.32. The number of piperidine rings is 1. The first-order chi connectivity index (χ1) is 12.6. The molecule has 0 unspecified atom stereocenters. The van der Waals surface area contributed by atoms with Crippen molar-refractivity contribution in [3.8, 4) is 0 Å². The van der Waals surface area contributed by atoms with Gasteiger partial charge in [0.1, 0.15) is 0 Å². The number of carbonyl (C=O) groups is 2. The van der Waals surface area contributed by atoms with Crippen LogP contribution in [0.15, 0.2) is 47.1 Å². The zero-order valence-electron chi connectivity index (χ0n) is 14.4. The number of nitrogens with one attached hydrogen (secondary N) is 1. The summed E-state index contributed by atoms with van der Waals surface area (Å²) in [7, 11) is 0. The molecule has 1 aliphatic carbocycles. The summed E-state index contributed by atoms with van der Waals surface area (Å²) < 4.78 is 5.18. The zero-order chi connectivity index (χ0) is 18.1. The fourth-order valence-electron chi connectivity index (χ4n) is 3.66. The van der Waals surface area contributed by atoms with E-state index in [2.05, 4.69) is 5.32 Å². The van der Waals surface area contributed by atoms with E-state index in [0.29, 0.717) is 23.9 Å². The van der Waals surface area contributed by atoms with Crippen LogP contribution in [-0.4, -0.2) is 35.8 Å². The molecular formula is C20H21ClN2O3. The van der Waals surface area contributed by atoms with Gasteiger partial charge >= 0.3 is 0 Å². The fraction of sp³-hybridized carbons (Fsp3) is 0.400. The Labute approximate surface area is 157 Å². The molecule has 1 aromatic carbocycles. The van der Waals surface area contributed by atoms with Crippen LogP contribution in [0.25, 0.3) is 0 Å². The van der Waals surface area contributed by atoms with Gasteiger partial charge in [-0.05, 0) is 55.5 Å². The van der Waals surface area contributed by atoms with Gasteiger partial charge in [-0.15, -0.1) is 0 Å². The SMILES string of the molecule is O=C(c1ccco1)N1CCC(NC(=O)C2(c3cccc(Cl)c3)CC2)CC1. The summed E-state index contributed by atoms with van der Waals surface area (Å²) in [6, 6.07) is 11.1. The molecule has 1 aliphatic heterocycles. The van der Waals surface area contributed by atoms with Crippen molar-refractivity contribution < 1.29 is 14.0 Å². The molecule has 0 radical (unpaired) electrons. The highest BCUT2D eigenvalue weighted by atomic mass is 35.5. The Bertz CT molecular complexity index is 806. The van der Waals surface area contributed by atoms with Crippen LogP contribution in [-0.2, 0) is 10.2 Å². The Morgan fingerprint density at radius 1 is 1.15 bits per heavy atom. The van der Waals surface area contributed by atoms with E-state index in [9.17, 15) is 9.59 Å². The first-order valence-corrected chi connectivity index (χ1v) is 9.36. The summed E-state index contributed by atoms with van der Waals surface area (Å²) in [5, 5.41) is 3.85. The van der Waals surface area contributed by atoms with Crippen LogP contribution in [0.4, 0.5) is 0 Å². The molecule has 0 atom stereocenters. The standard InChI is InChI=1S/C20H21ClN2O3/c21-15-4-1-3-14(13-15)20(8-9-20)19(25)22-16-6-10-23(11-7-16)18(24)17-5-2-12-26-17/h1-5,12-13,16H,6-11H2,(H,22,25). The highest BCUT2D eigenvalue weighted by Crippen LogP contribution is 2.49. The molecule has 2 amide bonds. The van der Waals surface area contributed by atoms with Crippen LogP contribution in [0, 0.1) is 0 Å². The summed E-state index contributed by atoms with van der Waals surface area (Å²) in [5.74, 6) is 0.360. The maximum Gasteiger partial charge on any atom is 0.289 e. The topological polar surface area (TPSA) is 62.6 Å². The lowest BCUT2D eigenvalue weighted by Crippen LogP contribution is -2.48. The molecular weight excluding hydrogens is 352 g/mol. The van der Waals surface area contributed by atoms with Crippen LogP contribution in [0.2, 0.25) is 5.02 Å². The second-order valence-electron chi connectivity index (χ2n) is 7.11. The second-order valence-corrected chi connectivity index (χ2v) is 7.55. The number of amides is 2. The molecule has 1 saturated heterocycles. The Morgan fingerprint density at radius 2 is 1.92 bits per heavy atom. The molecule has 1 N–H and O–H groups in total. The summed E-state index contributed by atoms with van der Waals surface area (Å²) in [4.78, 5) is 27.0. The minimum absolute atomic E-state index is 0.0792. The smallest absolute Gasteiger partial charge is 0.289 e. The van der Waals surface area contributed by atoms with Gasteiger partial charge in [-0.3, -0.25) is 9.59 Å². The quantitative estimate of drug-likeness (QED) is 0.894. The lowest BCUT2D eigenvalue weighted by atomic mass is 9.94. The summed E-state index contributed by atoms with van der Waals surface area (Å²) in [5.41, 5.74) is 0.569. The first-order valence-electron chi connectivity index (χ1n) is 8.98. The predicted octanol–water partition coefficient (Wildman–Crippen LogP) is 3.39. The van der Waals surface area contributed by atoms with E-state index in [-0.39, 0.29) is 17.9 Å². The van der Waals surface area contributed by atoms with E-state index < -0.39 is 5.41 Å². The Kier molecular flexibility index (Phi) is 4.49. The van der Waals surface area contributed by atoms with Crippen LogP contribution in [0.1, 0.15) is 41.8 Å². The molecule has 2 heterocycles. The lowest BCUT2D eigenvalue weighted by molar-refractivity contribution is -0.124. The number of carbonyl (C=O) groups excluding carboxylic acids is 2.